The fourth-order valence-corrected chi connectivity index (χ4v) is 3.70. The summed E-state index contributed by atoms with van der Waals surface area (Å²) in [7, 11) is 0. The van der Waals surface area contributed by atoms with Gasteiger partial charge < -0.3 is 9.80 Å². The Morgan fingerprint density at radius 3 is 2.46 bits per heavy atom. The second-order valence-corrected chi connectivity index (χ2v) is 7.29. The number of pyridine rings is 1. The Balaban J connectivity index is 1.53. The van der Waals surface area contributed by atoms with E-state index in [0.29, 0.717) is 18.8 Å². The van der Waals surface area contributed by atoms with Gasteiger partial charge in [-0.2, -0.15) is 0 Å². The summed E-state index contributed by atoms with van der Waals surface area (Å²) in [6.07, 6.45) is 1.87. The monoisotopic (exact) mass is 416 g/mol. The number of fused-ring (bicyclic) bond motifs is 1. The summed E-state index contributed by atoms with van der Waals surface area (Å²) >= 11 is 3.45. The summed E-state index contributed by atoms with van der Waals surface area (Å²) in [6, 6.07) is 10.3. The number of carbonyl (C=O) groups excluding carboxylic acids is 1. The van der Waals surface area contributed by atoms with Crippen molar-refractivity contribution in [1.82, 2.24) is 14.3 Å². The number of aromatic nitrogens is 2. The minimum Gasteiger partial charge on any atom is -0.368 e. The van der Waals surface area contributed by atoms with Crippen LogP contribution in [0.5, 0.6) is 0 Å². The van der Waals surface area contributed by atoms with E-state index in [9.17, 15) is 9.18 Å². The maximum atomic E-state index is 13.1. The summed E-state index contributed by atoms with van der Waals surface area (Å²) in [5.41, 5.74) is 3.08. The van der Waals surface area contributed by atoms with Gasteiger partial charge in [-0.05, 0) is 59.3 Å². The zero-order valence-electron chi connectivity index (χ0n) is 14.3. The van der Waals surface area contributed by atoms with Gasteiger partial charge >= 0.3 is 0 Å². The highest BCUT2D eigenvalue weighted by molar-refractivity contribution is 9.10. The average molecular weight is 417 g/mol. The number of hydrogen-bond donors (Lipinski definition) is 0. The molecule has 7 heteroatoms. The van der Waals surface area contributed by atoms with E-state index >= 15 is 0 Å². The molecule has 1 aliphatic heterocycles. The summed E-state index contributed by atoms with van der Waals surface area (Å²) < 4.78 is 15.8. The third kappa shape index (κ3) is 3.07. The molecule has 0 bridgehead atoms. The van der Waals surface area contributed by atoms with Crippen molar-refractivity contribution in [3.63, 3.8) is 0 Å². The molecule has 2 aromatic heterocycles. The molecule has 1 aromatic carbocycles. The van der Waals surface area contributed by atoms with E-state index in [1.54, 1.807) is 12.1 Å². The standard InChI is InChI=1S/C19H18BrFN4O/c1-13-18(25-12-14(20)2-7-17(25)22-13)19(26)24-10-8-23(9-11-24)16-5-3-15(21)4-6-16/h2-7,12H,8-11H2,1H3. The van der Waals surface area contributed by atoms with Crippen LogP contribution in [0.1, 0.15) is 16.2 Å². The van der Waals surface area contributed by atoms with Crippen LogP contribution in [0.15, 0.2) is 47.1 Å². The lowest BCUT2D eigenvalue weighted by Crippen LogP contribution is -2.49. The number of aryl methyl sites for hydroxylation is 1. The van der Waals surface area contributed by atoms with E-state index in [-0.39, 0.29) is 11.7 Å². The number of rotatable bonds is 2. The molecule has 0 N–H and O–H groups in total. The molecule has 0 unspecified atom stereocenters. The molecule has 3 aromatic rings. The Kier molecular flexibility index (Phi) is 4.40. The second kappa shape index (κ2) is 6.72. The van der Waals surface area contributed by atoms with Gasteiger partial charge in [0.25, 0.3) is 5.91 Å². The first-order valence-electron chi connectivity index (χ1n) is 8.47. The van der Waals surface area contributed by atoms with E-state index in [1.165, 1.54) is 12.1 Å². The Labute approximate surface area is 159 Å². The van der Waals surface area contributed by atoms with Crippen molar-refractivity contribution in [3.05, 3.63) is 64.3 Å². The molecule has 0 saturated carbocycles. The second-order valence-electron chi connectivity index (χ2n) is 6.38. The highest BCUT2D eigenvalue weighted by Crippen LogP contribution is 2.21. The largest absolute Gasteiger partial charge is 0.368 e. The van der Waals surface area contributed by atoms with Crippen LogP contribution in [0.4, 0.5) is 10.1 Å². The van der Waals surface area contributed by atoms with Gasteiger partial charge in [0.05, 0.1) is 5.69 Å². The Bertz CT molecular complexity index is 962. The van der Waals surface area contributed by atoms with Crippen LogP contribution in [0.2, 0.25) is 0 Å². The van der Waals surface area contributed by atoms with Gasteiger partial charge in [0.2, 0.25) is 0 Å². The molecule has 1 aliphatic rings. The predicted molar refractivity (Wildman–Crippen MR) is 102 cm³/mol. The van der Waals surface area contributed by atoms with Crippen LogP contribution in [0, 0.1) is 12.7 Å². The van der Waals surface area contributed by atoms with Gasteiger partial charge in [0, 0.05) is 42.5 Å². The number of halogens is 2. The quantitative estimate of drug-likeness (QED) is 0.641. The van der Waals surface area contributed by atoms with Gasteiger partial charge in [0.15, 0.2) is 0 Å². The number of carbonyl (C=O) groups is 1. The van der Waals surface area contributed by atoms with Crippen LogP contribution in [0.25, 0.3) is 5.65 Å². The van der Waals surface area contributed by atoms with Crippen molar-refractivity contribution < 1.29 is 9.18 Å². The molecule has 1 saturated heterocycles. The highest BCUT2D eigenvalue weighted by Gasteiger charge is 2.26. The number of benzene rings is 1. The molecule has 0 aliphatic carbocycles. The van der Waals surface area contributed by atoms with Gasteiger partial charge in [-0.1, -0.05) is 0 Å². The number of amides is 1. The third-order valence-corrected chi connectivity index (χ3v) is 5.19. The van der Waals surface area contributed by atoms with Gasteiger partial charge in [-0.15, -0.1) is 0 Å². The molecule has 3 heterocycles. The molecule has 0 spiro atoms. The molecule has 134 valence electrons. The van der Waals surface area contributed by atoms with E-state index in [1.807, 2.05) is 34.6 Å². The molecular formula is C19H18BrFN4O. The maximum Gasteiger partial charge on any atom is 0.272 e. The Hall–Kier alpha value is -2.41. The lowest BCUT2D eigenvalue weighted by atomic mass is 10.2. The maximum absolute atomic E-state index is 13.1. The molecular weight excluding hydrogens is 399 g/mol. The predicted octanol–water partition coefficient (Wildman–Crippen LogP) is 3.51. The Morgan fingerprint density at radius 1 is 1.08 bits per heavy atom. The van der Waals surface area contributed by atoms with Gasteiger partial charge in [-0.25, -0.2) is 9.37 Å². The highest BCUT2D eigenvalue weighted by atomic mass is 79.9. The number of hydrogen-bond acceptors (Lipinski definition) is 3. The van der Waals surface area contributed by atoms with Crippen molar-refractivity contribution in [2.75, 3.05) is 31.1 Å². The fourth-order valence-electron chi connectivity index (χ4n) is 3.36. The number of piperazine rings is 1. The lowest BCUT2D eigenvalue weighted by Gasteiger charge is -2.36. The molecule has 26 heavy (non-hydrogen) atoms. The minimum atomic E-state index is -0.239. The number of imidazole rings is 1. The first-order chi connectivity index (χ1) is 12.5. The Morgan fingerprint density at radius 2 is 1.77 bits per heavy atom. The van der Waals surface area contributed by atoms with E-state index in [2.05, 4.69) is 25.8 Å². The number of nitrogens with zero attached hydrogens (tertiary/aromatic N) is 4. The fraction of sp³-hybridized carbons (Fsp3) is 0.263. The van der Waals surface area contributed by atoms with Crippen molar-refractivity contribution >= 4 is 33.2 Å². The van der Waals surface area contributed by atoms with E-state index in [4.69, 9.17) is 0 Å². The molecule has 0 radical (unpaired) electrons. The summed E-state index contributed by atoms with van der Waals surface area (Å²) in [5, 5.41) is 0. The van der Waals surface area contributed by atoms with Crippen molar-refractivity contribution in [2.45, 2.75) is 6.92 Å². The molecule has 5 nitrogen and oxygen atoms in total. The van der Waals surface area contributed by atoms with Crippen molar-refractivity contribution in [3.8, 4) is 0 Å². The topological polar surface area (TPSA) is 40.9 Å². The molecule has 1 fully saturated rings. The summed E-state index contributed by atoms with van der Waals surface area (Å²) in [5.74, 6) is -0.247. The normalized spacial score (nSPS) is 14.9. The smallest absolute Gasteiger partial charge is 0.272 e. The van der Waals surface area contributed by atoms with E-state index in [0.717, 1.165) is 34.6 Å². The molecule has 1 amide bonds. The van der Waals surface area contributed by atoms with Gasteiger partial charge in [-0.3, -0.25) is 9.20 Å². The van der Waals surface area contributed by atoms with Crippen molar-refractivity contribution in [1.29, 1.82) is 0 Å². The van der Waals surface area contributed by atoms with Crippen LogP contribution < -0.4 is 4.90 Å². The van der Waals surface area contributed by atoms with Crippen LogP contribution >= 0.6 is 15.9 Å². The molecule has 4 rings (SSSR count). The van der Waals surface area contributed by atoms with Crippen LogP contribution in [0.3, 0.4) is 0 Å². The zero-order valence-corrected chi connectivity index (χ0v) is 15.9. The van der Waals surface area contributed by atoms with E-state index < -0.39 is 0 Å². The first kappa shape index (κ1) is 17.0. The van der Waals surface area contributed by atoms with Crippen LogP contribution in [-0.2, 0) is 0 Å². The third-order valence-electron chi connectivity index (χ3n) is 4.72. The average Bonchev–Trinajstić information content (AvgIpc) is 2.97. The first-order valence-corrected chi connectivity index (χ1v) is 9.26. The van der Waals surface area contributed by atoms with Crippen molar-refractivity contribution in [2.24, 2.45) is 0 Å². The molecule has 0 atom stereocenters. The number of anilines is 1. The van der Waals surface area contributed by atoms with Gasteiger partial charge in [0.1, 0.15) is 17.2 Å². The minimum absolute atomic E-state index is 0.00754. The lowest BCUT2D eigenvalue weighted by molar-refractivity contribution is 0.0739. The summed E-state index contributed by atoms with van der Waals surface area (Å²) in [4.78, 5) is 21.6. The summed E-state index contributed by atoms with van der Waals surface area (Å²) in [6.45, 7) is 4.55. The van der Waals surface area contributed by atoms with Crippen LogP contribution in [-0.4, -0.2) is 46.4 Å². The zero-order chi connectivity index (χ0) is 18.3. The SMILES string of the molecule is Cc1nc2ccc(Br)cn2c1C(=O)N1CCN(c2ccc(F)cc2)CC1.